The van der Waals surface area contributed by atoms with Crippen LogP contribution in [0.15, 0.2) is 78.0 Å². The predicted molar refractivity (Wildman–Crippen MR) is 129 cm³/mol. The Morgan fingerprint density at radius 1 is 0.909 bits per heavy atom. The molecule has 0 amide bonds. The lowest BCUT2D eigenvalue weighted by Crippen LogP contribution is -2.15. The normalized spacial score (nSPS) is 12.3. The van der Waals surface area contributed by atoms with Crippen LogP contribution in [0.5, 0.6) is 0 Å². The van der Waals surface area contributed by atoms with Crippen LogP contribution in [0, 0.1) is 5.82 Å². The molecule has 0 aliphatic rings. The maximum Gasteiger partial charge on any atom is 0.228 e. The number of sulfone groups is 1. The summed E-state index contributed by atoms with van der Waals surface area (Å²) in [5, 5.41) is 0.974. The molecule has 5 rings (SSSR count). The Morgan fingerprint density at radius 2 is 1.55 bits per heavy atom. The average Bonchev–Trinajstić information content (AvgIpc) is 3.29. The minimum Gasteiger partial charge on any atom is -0.340 e. The third kappa shape index (κ3) is 3.53. The Hall–Kier alpha value is -3.45. The Morgan fingerprint density at radius 3 is 2.21 bits per heavy atom. The van der Waals surface area contributed by atoms with Crippen LogP contribution in [0.1, 0.15) is 25.6 Å². The summed E-state index contributed by atoms with van der Waals surface area (Å²) in [6.07, 6.45) is 0. The fourth-order valence-corrected chi connectivity index (χ4v) is 6.16. The zero-order chi connectivity index (χ0) is 23.3. The van der Waals surface area contributed by atoms with Gasteiger partial charge in [0.15, 0.2) is 0 Å². The molecular weight excluding hydrogens is 437 g/mol. The molecule has 168 valence electrons. The van der Waals surface area contributed by atoms with E-state index in [1.807, 2.05) is 62.4 Å². The van der Waals surface area contributed by atoms with Gasteiger partial charge in [-0.2, -0.15) is 0 Å². The largest absolute Gasteiger partial charge is 0.340 e. The van der Waals surface area contributed by atoms with E-state index in [-0.39, 0.29) is 22.8 Å². The minimum absolute atomic E-state index is 0.0229. The van der Waals surface area contributed by atoms with E-state index in [1.54, 1.807) is 23.7 Å². The zero-order valence-corrected chi connectivity index (χ0v) is 19.5. The topological polar surface area (TPSA) is 56.9 Å². The van der Waals surface area contributed by atoms with Crippen molar-refractivity contribution in [2.24, 2.45) is 7.05 Å². The highest BCUT2D eigenvalue weighted by atomic mass is 32.2. The lowest BCUT2D eigenvalue weighted by atomic mass is 10.0. The fraction of sp³-hybridized carbons (Fsp3) is 0.192. The predicted octanol–water partition coefficient (Wildman–Crippen LogP) is 5.89. The maximum absolute atomic E-state index is 13.7. The lowest BCUT2D eigenvalue weighted by Gasteiger charge is -2.16. The molecule has 0 aliphatic heterocycles. The number of hydrogen-bond acceptors (Lipinski definition) is 3. The molecule has 33 heavy (non-hydrogen) atoms. The van der Waals surface area contributed by atoms with Gasteiger partial charge in [0.2, 0.25) is 15.0 Å². The zero-order valence-electron chi connectivity index (χ0n) is 18.7. The molecule has 0 bridgehead atoms. The molecule has 0 fully saturated rings. The maximum atomic E-state index is 13.7. The second-order valence-corrected chi connectivity index (χ2v) is 10.4. The standard InChI is InChI=1S/C26H24FN3O2S/c1-17(2)30-22-10-6-4-8-20(22)25(18-12-14-19(27)15-13-18)24(30)16-33(31,32)26-28-21-9-5-7-11-23(21)29(26)3/h4-15,17H,16H2,1-3H3. The first-order valence-corrected chi connectivity index (χ1v) is 12.4. The fourth-order valence-electron chi connectivity index (χ4n) is 4.63. The van der Waals surface area contributed by atoms with Crippen molar-refractivity contribution in [3.05, 3.63) is 84.3 Å². The monoisotopic (exact) mass is 461 g/mol. The summed E-state index contributed by atoms with van der Waals surface area (Å²) in [4.78, 5) is 4.44. The van der Waals surface area contributed by atoms with Crippen LogP contribution in [0.2, 0.25) is 0 Å². The molecule has 0 atom stereocenters. The first-order valence-electron chi connectivity index (χ1n) is 10.8. The van der Waals surface area contributed by atoms with Gasteiger partial charge in [-0.3, -0.25) is 0 Å². The highest BCUT2D eigenvalue weighted by molar-refractivity contribution is 7.90. The second-order valence-electron chi connectivity index (χ2n) is 8.51. The molecule has 2 heterocycles. The van der Waals surface area contributed by atoms with Gasteiger partial charge in [-0.25, -0.2) is 17.8 Å². The second kappa shape index (κ2) is 7.85. The van der Waals surface area contributed by atoms with Gasteiger partial charge >= 0.3 is 0 Å². The van der Waals surface area contributed by atoms with E-state index in [0.29, 0.717) is 11.2 Å². The first-order chi connectivity index (χ1) is 15.8. The van der Waals surface area contributed by atoms with Crippen molar-refractivity contribution in [1.82, 2.24) is 14.1 Å². The van der Waals surface area contributed by atoms with E-state index < -0.39 is 9.84 Å². The van der Waals surface area contributed by atoms with Gasteiger partial charge in [-0.1, -0.05) is 42.5 Å². The molecule has 0 N–H and O–H groups in total. The number of rotatable bonds is 5. The Balaban J connectivity index is 1.76. The van der Waals surface area contributed by atoms with Gasteiger partial charge in [-0.15, -0.1) is 0 Å². The number of nitrogens with zero attached hydrogens (tertiary/aromatic N) is 3. The van der Waals surface area contributed by atoms with E-state index in [2.05, 4.69) is 9.55 Å². The van der Waals surface area contributed by atoms with Gasteiger partial charge in [0.1, 0.15) is 5.82 Å². The SMILES string of the molecule is CC(C)n1c(CS(=O)(=O)c2nc3ccccc3n2C)c(-c2ccc(F)cc2)c2ccccc21. The molecular formula is C26H24FN3O2S. The van der Waals surface area contributed by atoms with E-state index in [0.717, 1.165) is 27.5 Å². The molecule has 0 unspecified atom stereocenters. The van der Waals surface area contributed by atoms with Crippen molar-refractivity contribution in [2.45, 2.75) is 30.8 Å². The quantitative estimate of drug-likeness (QED) is 0.328. The van der Waals surface area contributed by atoms with Crippen molar-refractivity contribution in [2.75, 3.05) is 0 Å². The highest BCUT2D eigenvalue weighted by Gasteiger charge is 2.29. The van der Waals surface area contributed by atoms with Crippen LogP contribution in [0.4, 0.5) is 4.39 Å². The number of aromatic nitrogens is 3. The van der Waals surface area contributed by atoms with Crippen molar-refractivity contribution in [3.63, 3.8) is 0 Å². The summed E-state index contributed by atoms with van der Waals surface area (Å²) in [6, 6.07) is 21.5. The van der Waals surface area contributed by atoms with Crippen LogP contribution in [0.25, 0.3) is 33.1 Å². The molecule has 7 heteroatoms. The summed E-state index contributed by atoms with van der Waals surface area (Å²) in [6.45, 7) is 4.07. The van der Waals surface area contributed by atoms with E-state index in [4.69, 9.17) is 0 Å². The number of aryl methyl sites for hydroxylation is 1. The molecule has 0 saturated carbocycles. The van der Waals surface area contributed by atoms with E-state index in [1.165, 1.54) is 12.1 Å². The number of para-hydroxylation sites is 3. The summed E-state index contributed by atoms with van der Waals surface area (Å²) in [7, 11) is -2.07. The van der Waals surface area contributed by atoms with E-state index >= 15 is 0 Å². The molecule has 0 radical (unpaired) electrons. The molecule has 5 aromatic rings. The van der Waals surface area contributed by atoms with Gasteiger partial charge < -0.3 is 9.13 Å². The van der Waals surface area contributed by atoms with Gasteiger partial charge in [0, 0.05) is 35.2 Å². The van der Waals surface area contributed by atoms with Gasteiger partial charge in [0.05, 0.1) is 16.8 Å². The smallest absolute Gasteiger partial charge is 0.228 e. The van der Waals surface area contributed by atoms with Gasteiger partial charge in [0.25, 0.3) is 0 Å². The number of fused-ring (bicyclic) bond motifs is 2. The van der Waals surface area contributed by atoms with Crippen molar-refractivity contribution >= 4 is 31.8 Å². The lowest BCUT2D eigenvalue weighted by molar-refractivity contribution is 0.570. The molecule has 5 nitrogen and oxygen atoms in total. The van der Waals surface area contributed by atoms with Crippen LogP contribution in [0.3, 0.4) is 0 Å². The summed E-state index contributed by atoms with van der Waals surface area (Å²) in [5.41, 5.74) is 4.61. The average molecular weight is 462 g/mol. The Bertz CT molecular complexity index is 1600. The Kier molecular flexibility index (Phi) is 5.09. The third-order valence-corrected chi connectivity index (χ3v) is 7.59. The molecule has 0 saturated heterocycles. The van der Waals surface area contributed by atoms with Gasteiger partial charge in [-0.05, 0) is 49.7 Å². The van der Waals surface area contributed by atoms with Crippen LogP contribution >= 0.6 is 0 Å². The molecule has 0 aliphatic carbocycles. The first kappa shape index (κ1) is 21.4. The highest BCUT2D eigenvalue weighted by Crippen LogP contribution is 2.38. The molecule has 3 aromatic carbocycles. The molecule has 0 spiro atoms. The number of halogens is 1. The summed E-state index contributed by atoms with van der Waals surface area (Å²) >= 11 is 0. The third-order valence-electron chi connectivity index (χ3n) is 6.01. The van der Waals surface area contributed by atoms with Crippen molar-refractivity contribution in [1.29, 1.82) is 0 Å². The van der Waals surface area contributed by atoms with Crippen molar-refractivity contribution in [3.8, 4) is 11.1 Å². The van der Waals surface area contributed by atoms with E-state index in [9.17, 15) is 12.8 Å². The number of hydrogen-bond donors (Lipinski definition) is 0. The molecule has 2 aromatic heterocycles. The number of imidazole rings is 1. The van der Waals surface area contributed by atoms with Crippen LogP contribution in [-0.2, 0) is 22.6 Å². The Labute approximate surface area is 192 Å². The van der Waals surface area contributed by atoms with Crippen LogP contribution in [-0.4, -0.2) is 22.5 Å². The minimum atomic E-state index is -3.79. The summed E-state index contributed by atoms with van der Waals surface area (Å²) in [5.74, 6) is -0.552. The number of benzene rings is 3. The summed E-state index contributed by atoms with van der Waals surface area (Å²) < 4.78 is 44.8. The van der Waals surface area contributed by atoms with Crippen LogP contribution < -0.4 is 0 Å². The van der Waals surface area contributed by atoms with Crippen molar-refractivity contribution < 1.29 is 12.8 Å².